The number of aliphatic hydroxyl groups is 1. The van der Waals surface area contributed by atoms with Crippen molar-refractivity contribution >= 4 is 23.4 Å². The molecule has 1 amide bonds. The van der Waals surface area contributed by atoms with Crippen LogP contribution in [0.1, 0.15) is 51.5 Å². The molecule has 1 saturated carbocycles. The van der Waals surface area contributed by atoms with Crippen LogP contribution in [0.4, 0.5) is 15.1 Å². The normalized spacial score (nSPS) is 17.6. The molecule has 190 valence electrons. The van der Waals surface area contributed by atoms with Crippen molar-refractivity contribution in [3.8, 4) is 21.8 Å². The standard InChI is InChI=1S/C26H30FN5O3S/c1-25(2,3)35-24(33)32-14-11-26(34,12-15-32)22-31-20(16-4-6-17(27)7-5-16)21(36-22)19-10-13-28-23(30-19)29-18-8-9-18/h4-7,10,13,18,34H,8-9,11-12,14-15H2,1-3H3,(H,28,29,30). The van der Waals surface area contributed by atoms with E-state index in [2.05, 4.69) is 10.3 Å². The van der Waals surface area contributed by atoms with Gasteiger partial charge < -0.3 is 20.1 Å². The number of amides is 1. The van der Waals surface area contributed by atoms with E-state index in [1.165, 1.54) is 23.5 Å². The Bertz CT molecular complexity index is 1250. The minimum Gasteiger partial charge on any atom is -0.444 e. The lowest BCUT2D eigenvalue weighted by Gasteiger charge is -2.37. The van der Waals surface area contributed by atoms with Gasteiger partial charge in [0.15, 0.2) is 0 Å². The first-order chi connectivity index (χ1) is 17.1. The van der Waals surface area contributed by atoms with Crippen molar-refractivity contribution < 1.29 is 19.0 Å². The summed E-state index contributed by atoms with van der Waals surface area (Å²) in [5.74, 6) is 0.223. The van der Waals surface area contributed by atoms with Crippen molar-refractivity contribution in [2.24, 2.45) is 0 Å². The van der Waals surface area contributed by atoms with Crippen LogP contribution in [0.25, 0.3) is 21.8 Å². The molecule has 5 rings (SSSR count). The van der Waals surface area contributed by atoms with Crippen LogP contribution in [0.15, 0.2) is 36.5 Å². The van der Waals surface area contributed by atoms with Crippen LogP contribution in [0.5, 0.6) is 0 Å². The van der Waals surface area contributed by atoms with Gasteiger partial charge in [-0.05, 0) is 63.9 Å². The van der Waals surface area contributed by atoms with Crippen LogP contribution >= 0.6 is 11.3 Å². The Labute approximate surface area is 213 Å². The smallest absolute Gasteiger partial charge is 0.410 e. The maximum atomic E-state index is 13.6. The highest BCUT2D eigenvalue weighted by Crippen LogP contribution is 2.43. The van der Waals surface area contributed by atoms with E-state index in [9.17, 15) is 14.3 Å². The minimum absolute atomic E-state index is 0.332. The van der Waals surface area contributed by atoms with E-state index in [0.29, 0.717) is 54.3 Å². The number of hydrogen-bond acceptors (Lipinski definition) is 8. The molecule has 0 atom stereocenters. The first-order valence-electron chi connectivity index (χ1n) is 12.2. The van der Waals surface area contributed by atoms with Gasteiger partial charge >= 0.3 is 6.09 Å². The maximum Gasteiger partial charge on any atom is 0.410 e. The molecule has 0 radical (unpaired) electrons. The number of halogens is 1. The number of carbonyl (C=O) groups excluding carboxylic acids is 1. The minimum atomic E-state index is -1.20. The number of ether oxygens (including phenoxy) is 1. The summed E-state index contributed by atoms with van der Waals surface area (Å²) < 4.78 is 19.1. The van der Waals surface area contributed by atoms with Gasteiger partial charge in [-0.3, -0.25) is 0 Å². The summed E-state index contributed by atoms with van der Waals surface area (Å²) in [5.41, 5.74) is 0.279. The molecule has 2 aromatic heterocycles. The Morgan fingerprint density at radius 3 is 2.50 bits per heavy atom. The number of likely N-dealkylation sites (tertiary alicyclic amines) is 1. The van der Waals surface area contributed by atoms with E-state index in [-0.39, 0.29) is 11.9 Å². The topological polar surface area (TPSA) is 100 Å². The Morgan fingerprint density at radius 1 is 1.17 bits per heavy atom. The average molecular weight is 512 g/mol. The van der Waals surface area contributed by atoms with E-state index in [4.69, 9.17) is 14.7 Å². The fraction of sp³-hybridized carbons (Fsp3) is 0.462. The van der Waals surface area contributed by atoms with Gasteiger partial charge in [0.05, 0.1) is 16.3 Å². The molecule has 1 aliphatic heterocycles. The van der Waals surface area contributed by atoms with E-state index in [0.717, 1.165) is 23.3 Å². The van der Waals surface area contributed by atoms with Gasteiger partial charge in [-0.1, -0.05) is 0 Å². The fourth-order valence-corrected chi connectivity index (χ4v) is 5.26. The monoisotopic (exact) mass is 511 g/mol. The van der Waals surface area contributed by atoms with Gasteiger partial charge in [-0.25, -0.2) is 24.1 Å². The summed E-state index contributed by atoms with van der Waals surface area (Å²) in [4.78, 5) is 28.8. The third kappa shape index (κ3) is 5.49. The Hall–Kier alpha value is -3.11. The van der Waals surface area contributed by atoms with E-state index in [1.54, 1.807) is 23.2 Å². The molecular weight excluding hydrogens is 481 g/mol. The van der Waals surface area contributed by atoms with Crippen molar-refractivity contribution in [3.63, 3.8) is 0 Å². The van der Waals surface area contributed by atoms with Crippen LogP contribution < -0.4 is 5.32 Å². The quantitative estimate of drug-likeness (QED) is 0.486. The predicted molar refractivity (Wildman–Crippen MR) is 136 cm³/mol. The zero-order chi connectivity index (χ0) is 25.5. The number of piperidine rings is 1. The summed E-state index contributed by atoms with van der Waals surface area (Å²) in [6, 6.07) is 8.37. The maximum absolute atomic E-state index is 13.6. The molecule has 0 spiro atoms. The molecule has 2 fully saturated rings. The Kier molecular flexibility index (Phi) is 6.42. The molecule has 1 aromatic carbocycles. The van der Waals surface area contributed by atoms with Crippen LogP contribution in [0, 0.1) is 5.82 Å². The summed E-state index contributed by atoms with van der Waals surface area (Å²) in [6.45, 7) is 6.21. The van der Waals surface area contributed by atoms with Crippen LogP contribution in [-0.2, 0) is 10.3 Å². The zero-order valence-corrected chi connectivity index (χ0v) is 21.4. The summed E-state index contributed by atoms with van der Waals surface area (Å²) in [5, 5.41) is 15.5. The lowest BCUT2D eigenvalue weighted by atomic mass is 9.92. The number of carbonyl (C=O) groups is 1. The number of benzene rings is 1. The number of aromatic nitrogens is 3. The number of thiazole rings is 1. The number of rotatable bonds is 5. The molecule has 0 bridgehead atoms. The Balaban J connectivity index is 1.45. The molecular formula is C26H30FN5O3S. The van der Waals surface area contributed by atoms with E-state index in [1.807, 2.05) is 26.8 Å². The van der Waals surface area contributed by atoms with E-state index < -0.39 is 11.2 Å². The molecule has 3 aromatic rings. The summed E-state index contributed by atoms with van der Waals surface area (Å²) >= 11 is 1.37. The van der Waals surface area contributed by atoms with Gasteiger partial charge in [0, 0.05) is 43.7 Å². The second-order valence-electron chi connectivity index (χ2n) is 10.4. The SMILES string of the molecule is CC(C)(C)OC(=O)N1CCC(O)(c2nc(-c3ccc(F)cc3)c(-c3ccnc(NC4CC4)n3)s2)CC1. The lowest BCUT2D eigenvalue weighted by Crippen LogP contribution is -2.46. The van der Waals surface area contributed by atoms with Gasteiger partial charge in [0.2, 0.25) is 5.95 Å². The second-order valence-corrected chi connectivity index (χ2v) is 11.4. The summed E-state index contributed by atoms with van der Waals surface area (Å²) in [7, 11) is 0. The number of nitrogens with zero attached hydrogens (tertiary/aromatic N) is 4. The van der Waals surface area contributed by atoms with Crippen molar-refractivity contribution in [2.45, 2.75) is 63.7 Å². The molecule has 0 unspecified atom stereocenters. The van der Waals surface area contributed by atoms with Crippen molar-refractivity contribution in [1.29, 1.82) is 0 Å². The molecule has 2 aliphatic rings. The molecule has 10 heteroatoms. The highest BCUT2D eigenvalue weighted by Gasteiger charge is 2.40. The van der Waals surface area contributed by atoms with Crippen LogP contribution in [0.3, 0.4) is 0 Å². The zero-order valence-electron chi connectivity index (χ0n) is 20.6. The van der Waals surface area contributed by atoms with Gasteiger partial charge in [0.25, 0.3) is 0 Å². The second kappa shape index (κ2) is 9.40. The molecule has 1 aliphatic carbocycles. The number of anilines is 1. The average Bonchev–Trinajstić information content (AvgIpc) is 3.52. The van der Waals surface area contributed by atoms with Gasteiger partial charge in [0.1, 0.15) is 22.0 Å². The summed E-state index contributed by atoms with van der Waals surface area (Å²) in [6.07, 6.45) is 4.20. The largest absolute Gasteiger partial charge is 0.444 e. The highest BCUT2D eigenvalue weighted by molar-refractivity contribution is 7.15. The van der Waals surface area contributed by atoms with Crippen LogP contribution in [0.2, 0.25) is 0 Å². The van der Waals surface area contributed by atoms with Gasteiger partial charge in [-0.2, -0.15) is 0 Å². The van der Waals surface area contributed by atoms with Crippen molar-refractivity contribution in [1.82, 2.24) is 19.9 Å². The molecule has 1 saturated heterocycles. The number of nitrogens with one attached hydrogen (secondary N) is 1. The predicted octanol–water partition coefficient (Wildman–Crippen LogP) is 5.20. The third-order valence-corrected chi connectivity index (χ3v) is 7.46. The van der Waals surface area contributed by atoms with Crippen molar-refractivity contribution in [2.75, 3.05) is 18.4 Å². The fourth-order valence-electron chi connectivity index (χ4n) is 4.06. The molecule has 2 N–H and O–H groups in total. The molecule has 36 heavy (non-hydrogen) atoms. The van der Waals surface area contributed by atoms with Gasteiger partial charge in [-0.15, -0.1) is 11.3 Å². The first-order valence-corrected chi connectivity index (χ1v) is 13.0. The van der Waals surface area contributed by atoms with Crippen molar-refractivity contribution in [3.05, 3.63) is 47.4 Å². The lowest BCUT2D eigenvalue weighted by molar-refractivity contribution is -0.0356. The highest BCUT2D eigenvalue weighted by atomic mass is 32.1. The van der Waals surface area contributed by atoms with E-state index >= 15 is 0 Å². The molecule has 3 heterocycles. The molecule has 8 nitrogen and oxygen atoms in total. The first kappa shape index (κ1) is 24.6. The Morgan fingerprint density at radius 2 is 1.86 bits per heavy atom. The third-order valence-electron chi connectivity index (χ3n) is 6.18. The van der Waals surface area contributed by atoms with Crippen LogP contribution in [-0.4, -0.2) is 55.8 Å². The number of hydrogen-bond donors (Lipinski definition) is 2.